The molecule has 0 aromatic carbocycles. The molecule has 5 unspecified atom stereocenters. The largest absolute Gasteiger partial charge is 0.472 e. The smallest absolute Gasteiger partial charge is 0.462 e. The molecule has 594 valence electrons. The van der Waals surface area contributed by atoms with E-state index in [-0.39, 0.29) is 25.7 Å². The summed E-state index contributed by atoms with van der Waals surface area (Å²) in [4.78, 5) is 73.0. The Kier molecular flexibility index (Phi) is 72.4. The van der Waals surface area contributed by atoms with E-state index in [1.165, 1.54) is 57.8 Å². The van der Waals surface area contributed by atoms with Gasteiger partial charge in [0.1, 0.15) is 19.3 Å². The number of allylic oxidation sites excluding steroid dienone is 24. The Morgan fingerprint density at radius 2 is 0.519 bits per heavy atom. The first kappa shape index (κ1) is 98.9. The molecule has 0 bridgehead atoms. The van der Waals surface area contributed by atoms with Crippen LogP contribution in [0.1, 0.15) is 310 Å². The standard InChI is InChI=1S/C85H142O17P2/c1-5-9-13-17-21-25-29-32-35-37-39-41-44-46-50-53-57-61-65-69-82(87)95-75-80(101-84(89)71-67-63-59-55-49-28-24-20-16-12-8-4)77-99-103(91,92)97-73-79(86)74-98-104(93,94)100-78-81(102-85(90)72-68-64-60-56-52-48-43-34-31-27-23-19-15-11-7-3)76-96-83(88)70-66-62-58-54-51-47-45-42-40-38-36-33-30-26-22-18-14-10-6-2/h9,11,13,15,21-23,25-27,32-36,39-43,46,50,57,61,79-81,86H,5-8,10,12,14,16-20,24,28-31,37-38,44-45,47-49,51-56,58-60,62-78H2,1-4H3,(H,91,92)(H,93,94)/b13-9-,15-11-,25-21-,26-22-,27-23-,35-32-,36-33-,41-39-,42-40-,43-34-,50-46-,61-57-. The molecule has 0 amide bonds. The van der Waals surface area contributed by atoms with Crippen LogP contribution in [0.4, 0.5) is 0 Å². The van der Waals surface area contributed by atoms with Gasteiger partial charge in [0.05, 0.1) is 26.4 Å². The maximum absolute atomic E-state index is 13.1. The monoisotopic (exact) mass is 1500 g/mol. The summed E-state index contributed by atoms with van der Waals surface area (Å²) in [5, 5.41) is 10.6. The SMILES string of the molecule is CC/C=C\C/C=C\C/C=C\C/C=C\C/C=C\C/C=C\CCC(=O)OCC(COP(=O)(O)OCC(O)COP(=O)(O)OCC(COC(=O)CCCCCCCC/C=C\C/C=C\C/C=C\CCCCC)OC(=O)CCCCCCC/C=C\C/C=C\C/C=C\CC)OC(=O)CCCCCCCCCCCCC. The lowest BCUT2D eigenvalue weighted by Crippen LogP contribution is -2.30. The molecule has 104 heavy (non-hydrogen) atoms. The molecular formula is C85H142O17P2. The van der Waals surface area contributed by atoms with Crippen LogP contribution in [-0.4, -0.2) is 96.7 Å². The van der Waals surface area contributed by atoms with Gasteiger partial charge in [-0.2, -0.15) is 0 Å². The number of ether oxygens (including phenoxy) is 4. The molecule has 3 N–H and O–H groups in total. The van der Waals surface area contributed by atoms with Gasteiger partial charge >= 0.3 is 39.5 Å². The summed E-state index contributed by atoms with van der Waals surface area (Å²) in [6.07, 6.45) is 87.0. The summed E-state index contributed by atoms with van der Waals surface area (Å²) < 4.78 is 68.5. The van der Waals surface area contributed by atoms with Gasteiger partial charge in [-0.25, -0.2) is 9.13 Å². The van der Waals surface area contributed by atoms with Crippen LogP contribution in [0.25, 0.3) is 0 Å². The Morgan fingerprint density at radius 3 is 0.846 bits per heavy atom. The molecule has 0 spiro atoms. The molecule has 5 atom stereocenters. The van der Waals surface area contributed by atoms with Crippen LogP contribution in [0.3, 0.4) is 0 Å². The number of aliphatic hydroxyl groups is 1. The molecule has 0 fully saturated rings. The number of rotatable bonds is 74. The first-order chi connectivity index (χ1) is 50.7. The molecule has 0 rings (SSSR count). The number of phosphoric acid groups is 2. The van der Waals surface area contributed by atoms with E-state index in [0.717, 1.165) is 167 Å². The molecule has 0 aliphatic heterocycles. The highest BCUT2D eigenvalue weighted by molar-refractivity contribution is 7.47. The van der Waals surface area contributed by atoms with E-state index in [0.29, 0.717) is 32.1 Å². The minimum absolute atomic E-state index is 0.0341. The lowest BCUT2D eigenvalue weighted by molar-refractivity contribution is -0.161. The van der Waals surface area contributed by atoms with Crippen LogP contribution >= 0.6 is 15.6 Å². The summed E-state index contributed by atoms with van der Waals surface area (Å²) in [7, 11) is -9.99. The van der Waals surface area contributed by atoms with E-state index in [2.05, 4.69) is 155 Å². The second-order valence-corrected chi connectivity index (χ2v) is 29.2. The number of hydrogen-bond donors (Lipinski definition) is 3. The summed E-state index contributed by atoms with van der Waals surface area (Å²) in [5.41, 5.74) is 0. The molecule has 0 heterocycles. The molecule has 0 aliphatic carbocycles. The van der Waals surface area contributed by atoms with Gasteiger partial charge in [0.15, 0.2) is 12.2 Å². The van der Waals surface area contributed by atoms with Crippen LogP contribution < -0.4 is 0 Å². The predicted octanol–water partition coefficient (Wildman–Crippen LogP) is 23.4. The van der Waals surface area contributed by atoms with Crippen molar-refractivity contribution in [2.45, 2.75) is 329 Å². The fraction of sp³-hybridized carbons (Fsp3) is 0.671. The minimum atomic E-state index is -4.99. The quantitative estimate of drug-likeness (QED) is 0.0169. The zero-order valence-electron chi connectivity index (χ0n) is 64.9. The van der Waals surface area contributed by atoms with Crippen LogP contribution in [-0.2, 0) is 65.4 Å². The normalized spacial score (nSPS) is 14.6. The Hall–Kier alpha value is -5.06. The van der Waals surface area contributed by atoms with Crippen molar-refractivity contribution < 1.29 is 80.2 Å². The third kappa shape index (κ3) is 75.2. The maximum Gasteiger partial charge on any atom is 0.472 e. The Morgan fingerprint density at radius 1 is 0.279 bits per heavy atom. The van der Waals surface area contributed by atoms with E-state index in [9.17, 15) is 43.2 Å². The number of esters is 4. The third-order valence-electron chi connectivity index (χ3n) is 16.3. The Labute approximate surface area is 630 Å². The lowest BCUT2D eigenvalue weighted by Gasteiger charge is -2.21. The Balaban J connectivity index is 5.40. The van der Waals surface area contributed by atoms with Crippen molar-refractivity contribution in [2.75, 3.05) is 39.6 Å². The average molecular weight is 1500 g/mol. The average Bonchev–Trinajstić information content (AvgIpc) is 0.931. The number of phosphoric ester groups is 2. The van der Waals surface area contributed by atoms with Crippen molar-refractivity contribution in [1.82, 2.24) is 0 Å². The van der Waals surface area contributed by atoms with Gasteiger partial charge < -0.3 is 33.8 Å². The van der Waals surface area contributed by atoms with E-state index in [1.807, 2.05) is 18.2 Å². The fourth-order valence-electron chi connectivity index (χ4n) is 10.3. The lowest BCUT2D eigenvalue weighted by atomic mass is 10.1. The summed E-state index contributed by atoms with van der Waals surface area (Å²) in [6, 6.07) is 0. The zero-order valence-corrected chi connectivity index (χ0v) is 66.7. The molecule has 0 aromatic heterocycles. The highest BCUT2D eigenvalue weighted by atomic mass is 31.2. The van der Waals surface area contributed by atoms with Crippen molar-refractivity contribution >= 4 is 39.5 Å². The molecule has 19 heteroatoms. The van der Waals surface area contributed by atoms with Gasteiger partial charge in [-0.3, -0.25) is 37.3 Å². The van der Waals surface area contributed by atoms with Gasteiger partial charge in [0, 0.05) is 25.7 Å². The molecule has 0 aliphatic rings. The fourth-order valence-corrected chi connectivity index (χ4v) is 11.8. The van der Waals surface area contributed by atoms with Gasteiger partial charge in [-0.15, -0.1) is 0 Å². The van der Waals surface area contributed by atoms with Crippen molar-refractivity contribution in [3.8, 4) is 0 Å². The highest BCUT2D eigenvalue weighted by Gasteiger charge is 2.30. The highest BCUT2D eigenvalue weighted by Crippen LogP contribution is 2.45. The van der Waals surface area contributed by atoms with Crippen molar-refractivity contribution in [3.63, 3.8) is 0 Å². The van der Waals surface area contributed by atoms with E-state index >= 15 is 0 Å². The topological polar surface area (TPSA) is 237 Å². The predicted molar refractivity (Wildman–Crippen MR) is 427 cm³/mol. The van der Waals surface area contributed by atoms with Gasteiger partial charge in [0.2, 0.25) is 0 Å². The number of unbranched alkanes of at least 4 members (excludes halogenated alkanes) is 24. The van der Waals surface area contributed by atoms with Crippen molar-refractivity contribution in [2.24, 2.45) is 0 Å². The number of carbonyl (C=O) groups excluding carboxylic acids is 4. The van der Waals surface area contributed by atoms with Gasteiger partial charge in [0.25, 0.3) is 0 Å². The maximum atomic E-state index is 13.1. The number of hydrogen-bond acceptors (Lipinski definition) is 15. The van der Waals surface area contributed by atoms with E-state index in [4.69, 9.17) is 37.0 Å². The van der Waals surface area contributed by atoms with Crippen molar-refractivity contribution in [3.05, 3.63) is 146 Å². The van der Waals surface area contributed by atoms with Crippen LogP contribution in [0, 0.1) is 0 Å². The molecule has 0 radical (unpaired) electrons. The summed E-state index contributed by atoms with van der Waals surface area (Å²) in [6.45, 7) is 4.50. The molecule has 0 saturated heterocycles. The number of carbonyl (C=O) groups is 4. The van der Waals surface area contributed by atoms with Crippen LogP contribution in [0.2, 0.25) is 0 Å². The summed E-state index contributed by atoms with van der Waals surface area (Å²) in [5.74, 6) is -2.30. The molecule has 0 aromatic rings. The molecule has 17 nitrogen and oxygen atoms in total. The first-order valence-corrected chi connectivity index (χ1v) is 43.1. The first-order valence-electron chi connectivity index (χ1n) is 40.1. The van der Waals surface area contributed by atoms with E-state index < -0.39 is 97.5 Å². The number of aliphatic hydroxyl groups excluding tert-OH is 1. The zero-order chi connectivity index (χ0) is 76.0. The Bertz CT molecular complexity index is 2540. The second kappa shape index (κ2) is 76.1. The third-order valence-corrected chi connectivity index (χ3v) is 18.2. The van der Waals surface area contributed by atoms with E-state index in [1.54, 1.807) is 0 Å². The van der Waals surface area contributed by atoms with Gasteiger partial charge in [-0.1, -0.05) is 296 Å². The minimum Gasteiger partial charge on any atom is -0.462 e. The summed E-state index contributed by atoms with van der Waals surface area (Å²) >= 11 is 0. The van der Waals surface area contributed by atoms with Crippen molar-refractivity contribution in [1.29, 1.82) is 0 Å². The second-order valence-electron chi connectivity index (χ2n) is 26.2. The molecular weight excluding hydrogens is 1350 g/mol. The van der Waals surface area contributed by atoms with Crippen LogP contribution in [0.15, 0.2) is 146 Å². The molecule has 0 saturated carbocycles. The van der Waals surface area contributed by atoms with Gasteiger partial charge in [-0.05, 0) is 135 Å². The van der Waals surface area contributed by atoms with Crippen LogP contribution in [0.5, 0.6) is 0 Å².